The molecule has 0 fully saturated rings. The van der Waals surface area contributed by atoms with Gasteiger partial charge < -0.3 is 0 Å². The van der Waals surface area contributed by atoms with E-state index in [1.54, 1.807) is 6.07 Å². The van der Waals surface area contributed by atoms with E-state index in [1.807, 2.05) is 50.2 Å². The number of rotatable bonds is 3. The maximum absolute atomic E-state index is 12.1. The van der Waals surface area contributed by atoms with Crippen LogP contribution in [0.25, 0.3) is 10.8 Å². The Hall–Kier alpha value is -2.36. The van der Waals surface area contributed by atoms with Crippen LogP contribution in [0.3, 0.4) is 0 Å². The van der Waals surface area contributed by atoms with Gasteiger partial charge in [0.15, 0.2) is 0 Å². The first-order chi connectivity index (χ1) is 9.58. The summed E-state index contributed by atoms with van der Waals surface area (Å²) < 4.78 is 0. The van der Waals surface area contributed by atoms with Crippen LogP contribution in [0.5, 0.6) is 0 Å². The van der Waals surface area contributed by atoms with E-state index in [-0.39, 0.29) is 17.7 Å². The van der Waals surface area contributed by atoms with Gasteiger partial charge in [-0.2, -0.15) is 0 Å². The number of hydrogen-bond acceptors (Lipinski definition) is 2. The molecule has 2 aromatic rings. The molecule has 2 rings (SSSR count). The minimum atomic E-state index is -0.307. The molecular weight excluding hydrogens is 252 g/mol. The van der Waals surface area contributed by atoms with Gasteiger partial charge in [-0.15, -0.1) is 0 Å². The van der Waals surface area contributed by atoms with Crippen LogP contribution < -0.4 is 10.9 Å². The van der Waals surface area contributed by atoms with Gasteiger partial charge in [-0.05, 0) is 22.8 Å². The van der Waals surface area contributed by atoms with Crippen LogP contribution >= 0.6 is 0 Å². The van der Waals surface area contributed by atoms with Crippen molar-refractivity contribution in [1.29, 1.82) is 0 Å². The highest BCUT2D eigenvalue weighted by Gasteiger charge is 2.11. The lowest BCUT2D eigenvalue weighted by atomic mass is 10.0. The molecule has 0 unspecified atom stereocenters. The smallest absolute Gasteiger partial charge is 0.270 e. The minimum Gasteiger partial charge on any atom is -0.273 e. The van der Waals surface area contributed by atoms with Gasteiger partial charge in [0.2, 0.25) is 5.91 Å². The third-order valence-electron chi connectivity index (χ3n) is 2.94. The van der Waals surface area contributed by atoms with E-state index in [2.05, 4.69) is 10.9 Å². The summed E-state index contributed by atoms with van der Waals surface area (Å²) in [6.45, 7) is 3.90. The molecule has 2 N–H and O–H groups in total. The van der Waals surface area contributed by atoms with E-state index < -0.39 is 0 Å². The second-order valence-electron chi connectivity index (χ2n) is 5.13. The van der Waals surface area contributed by atoms with Crippen molar-refractivity contribution in [2.45, 2.75) is 20.3 Å². The van der Waals surface area contributed by atoms with Crippen molar-refractivity contribution in [3.8, 4) is 0 Å². The summed E-state index contributed by atoms with van der Waals surface area (Å²) >= 11 is 0. The predicted molar refractivity (Wildman–Crippen MR) is 79.0 cm³/mol. The quantitative estimate of drug-likeness (QED) is 0.842. The number of amides is 2. The maximum atomic E-state index is 12.1. The first kappa shape index (κ1) is 14.1. The summed E-state index contributed by atoms with van der Waals surface area (Å²) in [5.74, 6) is -0.239. The normalized spacial score (nSPS) is 10.6. The third kappa shape index (κ3) is 3.35. The minimum absolute atomic E-state index is 0.186. The Kier molecular flexibility index (Phi) is 4.35. The average molecular weight is 270 g/mol. The zero-order valence-corrected chi connectivity index (χ0v) is 11.6. The fourth-order valence-corrected chi connectivity index (χ4v) is 2.04. The molecule has 0 spiro atoms. The maximum Gasteiger partial charge on any atom is 0.270 e. The van der Waals surface area contributed by atoms with Crippen molar-refractivity contribution in [2.75, 3.05) is 0 Å². The topological polar surface area (TPSA) is 58.2 Å². The van der Waals surface area contributed by atoms with E-state index in [4.69, 9.17) is 0 Å². The fraction of sp³-hybridized carbons (Fsp3) is 0.250. The zero-order chi connectivity index (χ0) is 14.5. The lowest BCUT2D eigenvalue weighted by Gasteiger charge is -2.10. The largest absolute Gasteiger partial charge is 0.273 e. The monoisotopic (exact) mass is 270 g/mol. The second kappa shape index (κ2) is 6.19. The van der Waals surface area contributed by atoms with Crippen molar-refractivity contribution in [3.63, 3.8) is 0 Å². The molecule has 104 valence electrons. The van der Waals surface area contributed by atoms with E-state index in [9.17, 15) is 9.59 Å². The average Bonchev–Trinajstić information content (AvgIpc) is 2.43. The number of carbonyl (C=O) groups excluding carboxylic acids is 2. The Morgan fingerprint density at radius 1 is 1.00 bits per heavy atom. The number of carbonyl (C=O) groups is 2. The molecular formula is C16H18N2O2. The predicted octanol–water partition coefficient (Wildman–Crippen LogP) is 2.65. The molecule has 0 atom stereocenters. The SMILES string of the molecule is CC(C)CC(=O)NNC(=O)c1cccc2ccccc12. The van der Waals surface area contributed by atoms with Gasteiger partial charge in [0, 0.05) is 12.0 Å². The molecule has 4 nitrogen and oxygen atoms in total. The first-order valence-corrected chi connectivity index (χ1v) is 6.65. The molecule has 0 heterocycles. The molecule has 0 aliphatic carbocycles. The lowest BCUT2D eigenvalue weighted by molar-refractivity contribution is -0.122. The zero-order valence-electron chi connectivity index (χ0n) is 11.6. The summed E-state index contributed by atoms with van der Waals surface area (Å²) in [6.07, 6.45) is 0.385. The first-order valence-electron chi connectivity index (χ1n) is 6.65. The van der Waals surface area contributed by atoms with Crippen LogP contribution in [0.15, 0.2) is 42.5 Å². The van der Waals surface area contributed by atoms with Crippen LogP contribution in [0.1, 0.15) is 30.6 Å². The number of fused-ring (bicyclic) bond motifs is 1. The molecule has 4 heteroatoms. The van der Waals surface area contributed by atoms with Crippen LogP contribution in [-0.4, -0.2) is 11.8 Å². The Balaban J connectivity index is 2.10. The lowest BCUT2D eigenvalue weighted by Crippen LogP contribution is -2.42. The summed E-state index contributed by atoms with van der Waals surface area (Å²) in [7, 11) is 0. The summed E-state index contributed by atoms with van der Waals surface area (Å²) in [4.78, 5) is 23.7. The van der Waals surface area contributed by atoms with Gasteiger partial charge in [0.25, 0.3) is 5.91 Å². The Labute approximate surface area is 118 Å². The summed E-state index contributed by atoms with van der Waals surface area (Å²) in [6, 6.07) is 13.2. The van der Waals surface area contributed by atoms with Gasteiger partial charge in [-0.1, -0.05) is 50.2 Å². The molecule has 0 aliphatic heterocycles. The number of hydrogen-bond donors (Lipinski definition) is 2. The van der Waals surface area contributed by atoms with Gasteiger partial charge in [0.05, 0.1) is 0 Å². The highest BCUT2D eigenvalue weighted by molar-refractivity contribution is 6.07. The Bertz CT molecular complexity index is 630. The molecule has 0 saturated carbocycles. The van der Waals surface area contributed by atoms with Crippen LogP contribution in [-0.2, 0) is 4.79 Å². The van der Waals surface area contributed by atoms with E-state index >= 15 is 0 Å². The van der Waals surface area contributed by atoms with Crippen molar-refractivity contribution in [3.05, 3.63) is 48.0 Å². The fourth-order valence-electron chi connectivity index (χ4n) is 2.04. The van der Waals surface area contributed by atoms with E-state index in [0.29, 0.717) is 12.0 Å². The van der Waals surface area contributed by atoms with Crippen molar-refractivity contribution in [2.24, 2.45) is 5.92 Å². The summed E-state index contributed by atoms with van der Waals surface area (Å²) in [5, 5.41) is 1.86. The number of nitrogens with one attached hydrogen (secondary N) is 2. The molecule has 20 heavy (non-hydrogen) atoms. The van der Waals surface area contributed by atoms with Gasteiger partial charge in [0.1, 0.15) is 0 Å². The molecule has 2 amide bonds. The van der Waals surface area contributed by atoms with Crippen molar-refractivity contribution in [1.82, 2.24) is 10.9 Å². The van der Waals surface area contributed by atoms with E-state index in [0.717, 1.165) is 10.8 Å². The molecule has 0 aliphatic rings. The molecule has 0 aromatic heterocycles. The standard InChI is InChI=1S/C16H18N2O2/c1-11(2)10-15(19)17-18-16(20)14-9-5-7-12-6-3-4-8-13(12)14/h3-9,11H,10H2,1-2H3,(H,17,19)(H,18,20). The highest BCUT2D eigenvalue weighted by atomic mass is 16.2. The Morgan fingerprint density at radius 2 is 1.70 bits per heavy atom. The third-order valence-corrected chi connectivity index (χ3v) is 2.94. The second-order valence-corrected chi connectivity index (χ2v) is 5.13. The van der Waals surface area contributed by atoms with Crippen LogP contribution in [0, 0.1) is 5.92 Å². The van der Waals surface area contributed by atoms with Crippen molar-refractivity contribution < 1.29 is 9.59 Å². The molecule has 2 aromatic carbocycles. The molecule has 0 radical (unpaired) electrons. The molecule has 0 bridgehead atoms. The Morgan fingerprint density at radius 3 is 2.45 bits per heavy atom. The highest BCUT2D eigenvalue weighted by Crippen LogP contribution is 2.18. The summed E-state index contributed by atoms with van der Waals surface area (Å²) in [5.41, 5.74) is 5.45. The van der Waals surface area contributed by atoms with E-state index in [1.165, 1.54) is 0 Å². The number of hydrazine groups is 1. The van der Waals surface area contributed by atoms with Gasteiger partial charge in [-0.25, -0.2) is 0 Å². The van der Waals surface area contributed by atoms with Crippen molar-refractivity contribution >= 4 is 22.6 Å². The van der Waals surface area contributed by atoms with Gasteiger partial charge >= 0.3 is 0 Å². The van der Waals surface area contributed by atoms with Crippen LogP contribution in [0.2, 0.25) is 0 Å². The van der Waals surface area contributed by atoms with Gasteiger partial charge in [-0.3, -0.25) is 20.4 Å². The van der Waals surface area contributed by atoms with Crippen LogP contribution in [0.4, 0.5) is 0 Å². The molecule has 0 saturated heterocycles. The number of benzene rings is 2.